The SMILES string of the molecule is O=C(COC(=O)CC1c2ccccc2CCN1S(=O)(=O)c1ccccc1)Nc1ccccc1C(F)(F)F. The molecule has 0 radical (unpaired) electrons. The average Bonchev–Trinajstić information content (AvgIpc) is 2.88. The summed E-state index contributed by atoms with van der Waals surface area (Å²) in [5.74, 6) is -1.82. The first-order valence-electron chi connectivity index (χ1n) is 11.3. The highest BCUT2D eigenvalue weighted by molar-refractivity contribution is 7.89. The molecule has 4 rings (SSSR count). The van der Waals surface area contributed by atoms with Gasteiger partial charge >= 0.3 is 12.1 Å². The molecule has 1 heterocycles. The van der Waals surface area contributed by atoms with Gasteiger partial charge in [-0.05, 0) is 41.8 Å². The van der Waals surface area contributed by atoms with Crippen molar-refractivity contribution >= 4 is 27.6 Å². The molecule has 0 fully saturated rings. The van der Waals surface area contributed by atoms with Crippen LogP contribution in [0.3, 0.4) is 0 Å². The van der Waals surface area contributed by atoms with Crippen molar-refractivity contribution in [2.75, 3.05) is 18.5 Å². The van der Waals surface area contributed by atoms with Crippen LogP contribution in [-0.2, 0) is 36.9 Å². The maximum Gasteiger partial charge on any atom is 0.418 e. The van der Waals surface area contributed by atoms with Crippen molar-refractivity contribution in [1.29, 1.82) is 0 Å². The lowest BCUT2D eigenvalue weighted by molar-refractivity contribution is -0.148. The summed E-state index contributed by atoms with van der Waals surface area (Å²) in [5, 5.41) is 2.10. The van der Waals surface area contributed by atoms with E-state index in [1.165, 1.54) is 28.6 Å². The van der Waals surface area contributed by atoms with E-state index in [9.17, 15) is 31.2 Å². The van der Waals surface area contributed by atoms with Gasteiger partial charge in [-0.1, -0.05) is 54.6 Å². The van der Waals surface area contributed by atoms with Crippen LogP contribution in [0.2, 0.25) is 0 Å². The van der Waals surface area contributed by atoms with Gasteiger partial charge in [-0.25, -0.2) is 8.42 Å². The number of carbonyl (C=O) groups is 2. The Morgan fingerprint density at radius 1 is 0.946 bits per heavy atom. The van der Waals surface area contributed by atoms with Gasteiger partial charge in [0.05, 0.1) is 28.6 Å². The Morgan fingerprint density at radius 3 is 2.32 bits per heavy atom. The Morgan fingerprint density at radius 2 is 1.59 bits per heavy atom. The van der Waals surface area contributed by atoms with Gasteiger partial charge in [-0.3, -0.25) is 9.59 Å². The lowest BCUT2D eigenvalue weighted by atomic mass is 9.92. The molecule has 194 valence electrons. The minimum atomic E-state index is -4.68. The van der Waals surface area contributed by atoms with Gasteiger partial charge in [0.2, 0.25) is 10.0 Å². The number of carbonyl (C=O) groups excluding carboxylic acids is 2. The molecule has 0 bridgehead atoms. The summed E-state index contributed by atoms with van der Waals surface area (Å²) >= 11 is 0. The molecule has 3 aromatic carbocycles. The molecule has 0 aromatic heterocycles. The zero-order chi connectivity index (χ0) is 26.6. The van der Waals surface area contributed by atoms with Crippen molar-refractivity contribution in [3.63, 3.8) is 0 Å². The van der Waals surface area contributed by atoms with Crippen LogP contribution in [0.15, 0.2) is 83.8 Å². The van der Waals surface area contributed by atoms with Gasteiger partial charge in [-0.2, -0.15) is 17.5 Å². The number of alkyl halides is 3. The number of nitrogens with one attached hydrogen (secondary N) is 1. The normalized spacial score (nSPS) is 16.0. The number of ether oxygens (including phenoxy) is 1. The van der Waals surface area contributed by atoms with Crippen molar-refractivity contribution in [2.45, 2.75) is 30.0 Å². The maximum atomic E-state index is 13.4. The number of sulfonamides is 1. The number of anilines is 1. The van der Waals surface area contributed by atoms with Crippen LogP contribution in [0.4, 0.5) is 18.9 Å². The molecule has 11 heteroatoms. The van der Waals surface area contributed by atoms with Gasteiger partial charge in [-0.15, -0.1) is 0 Å². The lowest BCUT2D eigenvalue weighted by Gasteiger charge is -2.36. The zero-order valence-corrected chi connectivity index (χ0v) is 20.3. The fourth-order valence-corrected chi connectivity index (χ4v) is 5.87. The quantitative estimate of drug-likeness (QED) is 0.451. The first kappa shape index (κ1) is 26.4. The minimum Gasteiger partial charge on any atom is -0.456 e. The molecule has 1 amide bonds. The van der Waals surface area contributed by atoms with E-state index in [1.54, 1.807) is 30.3 Å². The summed E-state index contributed by atoms with van der Waals surface area (Å²) in [6.45, 7) is -0.689. The number of nitrogens with zero attached hydrogens (tertiary/aromatic N) is 1. The van der Waals surface area contributed by atoms with Crippen molar-refractivity contribution in [2.24, 2.45) is 0 Å². The van der Waals surface area contributed by atoms with Gasteiger partial charge in [0, 0.05) is 6.54 Å². The molecule has 0 aliphatic carbocycles. The van der Waals surface area contributed by atoms with Gasteiger partial charge in [0.15, 0.2) is 6.61 Å². The molecule has 1 aliphatic heterocycles. The molecule has 0 spiro atoms. The summed E-state index contributed by atoms with van der Waals surface area (Å²) in [6, 6.07) is 18.5. The fourth-order valence-electron chi connectivity index (χ4n) is 4.24. The summed E-state index contributed by atoms with van der Waals surface area (Å²) in [6.07, 6.45) is -4.60. The van der Waals surface area contributed by atoms with Gasteiger partial charge < -0.3 is 10.1 Å². The number of hydrogen-bond acceptors (Lipinski definition) is 5. The van der Waals surface area contributed by atoms with E-state index < -0.39 is 52.0 Å². The number of rotatable bonds is 7. The number of hydrogen-bond donors (Lipinski definition) is 1. The van der Waals surface area contributed by atoms with Crippen LogP contribution in [0.25, 0.3) is 0 Å². The van der Waals surface area contributed by atoms with E-state index in [0.717, 1.165) is 17.7 Å². The van der Waals surface area contributed by atoms with Crippen LogP contribution in [0.1, 0.15) is 29.2 Å². The summed E-state index contributed by atoms with van der Waals surface area (Å²) in [7, 11) is -3.95. The molecule has 0 saturated heterocycles. The van der Waals surface area contributed by atoms with E-state index in [0.29, 0.717) is 12.0 Å². The maximum absolute atomic E-state index is 13.4. The smallest absolute Gasteiger partial charge is 0.418 e. The van der Waals surface area contributed by atoms with E-state index in [-0.39, 0.29) is 17.9 Å². The van der Waals surface area contributed by atoms with E-state index in [2.05, 4.69) is 5.32 Å². The first-order valence-corrected chi connectivity index (χ1v) is 12.8. The second-order valence-electron chi connectivity index (χ2n) is 8.35. The van der Waals surface area contributed by atoms with Crippen LogP contribution in [0.5, 0.6) is 0 Å². The highest BCUT2D eigenvalue weighted by atomic mass is 32.2. The zero-order valence-electron chi connectivity index (χ0n) is 19.4. The molecule has 0 saturated carbocycles. The van der Waals surface area contributed by atoms with Crippen LogP contribution < -0.4 is 5.32 Å². The van der Waals surface area contributed by atoms with E-state index in [4.69, 9.17) is 4.74 Å². The van der Waals surface area contributed by atoms with Crippen molar-refractivity contribution in [1.82, 2.24) is 4.31 Å². The molecular weight excluding hydrogens is 509 g/mol. The molecule has 37 heavy (non-hydrogen) atoms. The van der Waals surface area contributed by atoms with Crippen LogP contribution >= 0.6 is 0 Å². The lowest BCUT2D eigenvalue weighted by Crippen LogP contribution is -2.41. The number of benzene rings is 3. The Kier molecular flexibility index (Phi) is 7.65. The number of para-hydroxylation sites is 1. The Bertz CT molecular complexity index is 1390. The van der Waals surface area contributed by atoms with Crippen molar-refractivity contribution < 1.29 is 35.9 Å². The Hall–Kier alpha value is -3.70. The third kappa shape index (κ3) is 6.00. The van der Waals surface area contributed by atoms with Crippen molar-refractivity contribution in [3.8, 4) is 0 Å². The average molecular weight is 533 g/mol. The summed E-state index contributed by atoms with van der Waals surface area (Å²) in [5.41, 5.74) is 0.0442. The molecule has 3 aromatic rings. The molecule has 7 nitrogen and oxygen atoms in total. The van der Waals surface area contributed by atoms with Gasteiger partial charge in [0.25, 0.3) is 5.91 Å². The molecule has 1 unspecified atom stereocenters. The topological polar surface area (TPSA) is 92.8 Å². The largest absolute Gasteiger partial charge is 0.456 e. The molecule has 1 aliphatic rings. The third-order valence-electron chi connectivity index (χ3n) is 5.94. The first-order chi connectivity index (χ1) is 17.6. The van der Waals surface area contributed by atoms with Gasteiger partial charge in [0.1, 0.15) is 0 Å². The standard InChI is InChI=1S/C26H23F3N2O5S/c27-26(28,29)21-12-6-7-13-22(21)30-24(32)17-36-25(33)16-23-20-11-5-4-8-18(20)14-15-31(23)37(34,35)19-9-2-1-3-10-19/h1-13,23H,14-17H2,(H,30,32). The second-order valence-corrected chi connectivity index (χ2v) is 10.2. The predicted molar refractivity (Wildman–Crippen MR) is 129 cm³/mol. The van der Waals surface area contributed by atoms with E-state index >= 15 is 0 Å². The molecular formula is C26H23F3N2O5S. The van der Waals surface area contributed by atoms with Crippen LogP contribution in [-0.4, -0.2) is 37.8 Å². The fraction of sp³-hybridized carbons (Fsp3) is 0.231. The number of halogens is 3. The highest BCUT2D eigenvalue weighted by Crippen LogP contribution is 2.37. The number of esters is 1. The third-order valence-corrected chi connectivity index (χ3v) is 7.87. The highest BCUT2D eigenvalue weighted by Gasteiger charge is 2.38. The van der Waals surface area contributed by atoms with Crippen molar-refractivity contribution in [3.05, 3.63) is 95.6 Å². The predicted octanol–water partition coefficient (Wildman–Crippen LogP) is 4.57. The van der Waals surface area contributed by atoms with Crippen LogP contribution in [0, 0.1) is 0 Å². The van der Waals surface area contributed by atoms with E-state index in [1.807, 2.05) is 12.1 Å². The Balaban J connectivity index is 1.48. The number of fused-ring (bicyclic) bond motifs is 1. The molecule has 1 atom stereocenters. The monoisotopic (exact) mass is 532 g/mol. The minimum absolute atomic E-state index is 0.0791. The molecule has 1 N–H and O–H groups in total. The Labute approximate surface area is 211 Å². The number of amides is 1. The summed E-state index contributed by atoms with van der Waals surface area (Å²) < 4.78 is 72.5. The second kappa shape index (κ2) is 10.7. The summed E-state index contributed by atoms with van der Waals surface area (Å²) in [4.78, 5) is 25.0.